The molecule has 0 saturated heterocycles. The quantitative estimate of drug-likeness (QED) is 0.570. The number of aliphatic hydroxyl groups is 1. The molecule has 0 aromatic rings. The fraction of sp³-hybridized carbons (Fsp3) is 1.00. The first kappa shape index (κ1) is 41.0. The van der Waals surface area contributed by atoms with Gasteiger partial charge in [-0.05, 0) is 6.92 Å². The Morgan fingerprint density at radius 3 is 1.14 bits per heavy atom. The van der Waals surface area contributed by atoms with E-state index in [1.54, 1.807) is 6.92 Å². The zero-order valence-corrected chi connectivity index (χ0v) is 7.95. The molecule has 0 amide bonds. The maximum atomic E-state index is 7.57. The molecule has 1 atom stereocenters. The molecular formula is C2H12Cl3OP. The van der Waals surface area contributed by atoms with Crippen LogP contribution in [0.4, 0.5) is 0 Å². The summed E-state index contributed by atoms with van der Waals surface area (Å²) in [7, 11) is 0. The molecule has 0 radical (unpaired) electrons. The summed E-state index contributed by atoms with van der Waals surface area (Å²) in [4.78, 5) is 0. The summed E-state index contributed by atoms with van der Waals surface area (Å²) < 4.78 is 0. The van der Waals surface area contributed by atoms with Gasteiger partial charge in [0.1, 0.15) is 0 Å². The van der Waals surface area contributed by atoms with E-state index in [1.807, 2.05) is 0 Å². The molecule has 52 valence electrons. The van der Waals surface area contributed by atoms with Crippen molar-refractivity contribution in [3.05, 3.63) is 0 Å². The summed E-state index contributed by atoms with van der Waals surface area (Å²) >= 11 is 0. The first-order valence-corrected chi connectivity index (χ1v) is 1.02. The van der Waals surface area contributed by atoms with Crippen molar-refractivity contribution in [3.8, 4) is 0 Å². The third-order valence-electron chi connectivity index (χ3n) is 0. The SMILES string of the molecule is CCO.Cl.Cl.Cl.P. The van der Waals surface area contributed by atoms with Gasteiger partial charge in [-0.1, -0.05) is 0 Å². The molecule has 0 aliphatic rings. The summed E-state index contributed by atoms with van der Waals surface area (Å²) in [5, 5.41) is 7.57. The highest BCUT2D eigenvalue weighted by molar-refractivity contribution is 6.92. The third kappa shape index (κ3) is 127. The second-order valence-corrected chi connectivity index (χ2v) is 0.316. The monoisotopic (exact) mass is 188 g/mol. The van der Waals surface area contributed by atoms with Crippen molar-refractivity contribution in [3.63, 3.8) is 0 Å². The normalized spacial score (nSPS) is 2.57. The van der Waals surface area contributed by atoms with Crippen LogP contribution in [0.5, 0.6) is 0 Å². The van der Waals surface area contributed by atoms with Crippen molar-refractivity contribution in [1.29, 1.82) is 0 Å². The van der Waals surface area contributed by atoms with Crippen LogP contribution in [-0.2, 0) is 0 Å². The Kier molecular flexibility index (Phi) is 326. The lowest BCUT2D eigenvalue weighted by Crippen LogP contribution is -1.57. The Labute approximate surface area is 66.1 Å². The maximum Gasteiger partial charge on any atom is 0.0402 e. The number of hydrogen-bond donors (Lipinski definition) is 1. The predicted molar refractivity (Wildman–Crippen MR) is 45.6 cm³/mol. The van der Waals surface area contributed by atoms with Gasteiger partial charge in [-0.15, -0.1) is 37.2 Å². The van der Waals surface area contributed by atoms with E-state index in [0.717, 1.165) is 0 Å². The van der Waals surface area contributed by atoms with Crippen molar-refractivity contribution in [2.75, 3.05) is 6.61 Å². The minimum atomic E-state index is 0. The van der Waals surface area contributed by atoms with Crippen LogP contribution in [0.15, 0.2) is 0 Å². The topological polar surface area (TPSA) is 20.2 Å². The third-order valence-corrected chi connectivity index (χ3v) is 0. The highest BCUT2D eigenvalue weighted by Gasteiger charge is 1.34. The fourth-order valence-electron chi connectivity index (χ4n) is 0. The second-order valence-electron chi connectivity index (χ2n) is 0.316. The van der Waals surface area contributed by atoms with Gasteiger partial charge in [0.15, 0.2) is 0 Å². The highest BCUT2D eigenvalue weighted by Crippen LogP contribution is 1.30. The molecule has 5 heteroatoms. The van der Waals surface area contributed by atoms with Crippen LogP contribution in [-0.4, -0.2) is 11.7 Å². The predicted octanol–water partition coefficient (Wildman–Crippen LogP) is 1.32. The van der Waals surface area contributed by atoms with Crippen LogP contribution in [0.3, 0.4) is 0 Å². The van der Waals surface area contributed by atoms with Gasteiger partial charge in [0, 0.05) is 6.61 Å². The van der Waals surface area contributed by atoms with Crippen LogP contribution in [0, 0.1) is 0 Å². The number of hydrogen-bond acceptors (Lipinski definition) is 1. The zero-order chi connectivity index (χ0) is 2.71. The molecule has 0 aromatic carbocycles. The molecule has 0 fully saturated rings. The van der Waals surface area contributed by atoms with E-state index in [9.17, 15) is 0 Å². The standard InChI is InChI=1S/C2H6O.3ClH.H3P/c1-2-3;;;;/h3H,2H2,1H3;3*1H;1H3. The second kappa shape index (κ2) is 55.7. The van der Waals surface area contributed by atoms with Gasteiger partial charge in [-0.3, -0.25) is 0 Å². The molecule has 0 saturated carbocycles. The summed E-state index contributed by atoms with van der Waals surface area (Å²) in [6.45, 7) is 1.93. The van der Waals surface area contributed by atoms with E-state index in [-0.39, 0.29) is 53.7 Å². The zero-order valence-electron chi connectivity index (χ0n) is 4.09. The van der Waals surface area contributed by atoms with Gasteiger partial charge in [0.05, 0.1) is 0 Å². The van der Waals surface area contributed by atoms with Crippen LogP contribution in [0.1, 0.15) is 6.92 Å². The van der Waals surface area contributed by atoms with Crippen molar-refractivity contribution >= 4 is 47.1 Å². The lowest BCUT2D eigenvalue weighted by atomic mass is 10.9. The van der Waals surface area contributed by atoms with E-state index in [1.165, 1.54) is 0 Å². The molecule has 1 N–H and O–H groups in total. The molecule has 0 aromatic heterocycles. The lowest BCUT2D eigenvalue weighted by Gasteiger charge is -1.52. The average Bonchev–Trinajstić information content (AvgIpc) is 0.918. The van der Waals surface area contributed by atoms with Gasteiger partial charge in [-0.25, -0.2) is 0 Å². The van der Waals surface area contributed by atoms with Crippen LogP contribution >= 0.6 is 47.1 Å². The summed E-state index contributed by atoms with van der Waals surface area (Å²) in [5.74, 6) is 0. The number of halogens is 3. The molecule has 0 aliphatic carbocycles. The van der Waals surface area contributed by atoms with E-state index in [2.05, 4.69) is 0 Å². The van der Waals surface area contributed by atoms with Gasteiger partial charge < -0.3 is 5.11 Å². The lowest BCUT2D eigenvalue weighted by molar-refractivity contribution is 0.318. The smallest absolute Gasteiger partial charge is 0.0402 e. The molecule has 0 rings (SSSR count). The molecule has 0 heterocycles. The summed E-state index contributed by atoms with van der Waals surface area (Å²) in [6, 6.07) is 0. The molecule has 7 heavy (non-hydrogen) atoms. The van der Waals surface area contributed by atoms with Crippen molar-refractivity contribution in [1.82, 2.24) is 0 Å². The summed E-state index contributed by atoms with van der Waals surface area (Å²) in [6.07, 6.45) is 0. The Bertz CT molecular complexity index is 12.9. The van der Waals surface area contributed by atoms with Gasteiger partial charge >= 0.3 is 0 Å². The average molecular weight is 189 g/mol. The number of rotatable bonds is 0. The van der Waals surface area contributed by atoms with E-state index in [0.29, 0.717) is 0 Å². The minimum Gasteiger partial charge on any atom is -0.397 e. The molecule has 1 unspecified atom stereocenters. The maximum absolute atomic E-state index is 7.57. The van der Waals surface area contributed by atoms with Crippen molar-refractivity contribution < 1.29 is 5.11 Å². The molecule has 0 spiro atoms. The van der Waals surface area contributed by atoms with E-state index in [4.69, 9.17) is 5.11 Å². The molecule has 1 nitrogen and oxygen atoms in total. The van der Waals surface area contributed by atoms with Gasteiger partial charge in [0.2, 0.25) is 0 Å². The molecule has 0 aliphatic heterocycles. The van der Waals surface area contributed by atoms with Crippen LogP contribution < -0.4 is 0 Å². The fourth-order valence-corrected chi connectivity index (χ4v) is 0. The molecule has 0 bridgehead atoms. The van der Waals surface area contributed by atoms with E-state index >= 15 is 0 Å². The number of aliphatic hydroxyl groups excluding tert-OH is 1. The Hall–Kier alpha value is 1.26. The first-order valence-electron chi connectivity index (χ1n) is 1.02. The van der Waals surface area contributed by atoms with Crippen LogP contribution in [0.25, 0.3) is 0 Å². The Morgan fingerprint density at radius 1 is 1.14 bits per heavy atom. The van der Waals surface area contributed by atoms with Gasteiger partial charge in [-0.2, -0.15) is 9.90 Å². The Balaban J connectivity index is -0.00000000333. The van der Waals surface area contributed by atoms with Crippen molar-refractivity contribution in [2.24, 2.45) is 0 Å². The highest BCUT2D eigenvalue weighted by atomic mass is 35.5. The van der Waals surface area contributed by atoms with E-state index < -0.39 is 0 Å². The van der Waals surface area contributed by atoms with Crippen LogP contribution in [0.2, 0.25) is 0 Å². The minimum absolute atomic E-state index is 0. The van der Waals surface area contributed by atoms with Crippen molar-refractivity contribution in [2.45, 2.75) is 6.92 Å². The summed E-state index contributed by atoms with van der Waals surface area (Å²) in [5.41, 5.74) is 0. The largest absolute Gasteiger partial charge is 0.397 e. The first-order chi connectivity index (χ1) is 1.41. The Morgan fingerprint density at radius 2 is 1.14 bits per heavy atom. The van der Waals surface area contributed by atoms with Gasteiger partial charge in [0.25, 0.3) is 0 Å². The molecular weight excluding hydrogens is 177 g/mol.